The lowest BCUT2D eigenvalue weighted by atomic mass is 10.1. The molecule has 0 saturated carbocycles. The smallest absolute Gasteiger partial charge is 0.251 e. The molecular weight excluding hydrogens is 400 g/mol. The molecule has 2 atom stereocenters. The number of methoxy groups -OCH3 is 2. The lowest BCUT2D eigenvalue weighted by molar-refractivity contribution is 0.0937. The Labute approximate surface area is 180 Å². The van der Waals surface area contributed by atoms with Gasteiger partial charge in [0.15, 0.2) is 0 Å². The number of para-hydroxylation sites is 1. The molecule has 1 aromatic heterocycles. The molecule has 0 aliphatic rings. The van der Waals surface area contributed by atoms with Crippen LogP contribution in [0.2, 0.25) is 0 Å². The minimum absolute atomic E-state index is 0.0285. The molecule has 3 rings (SSSR count). The van der Waals surface area contributed by atoms with Crippen molar-refractivity contribution in [3.8, 4) is 11.5 Å². The molecule has 7 nitrogen and oxygen atoms in total. The molecule has 0 saturated heterocycles. The molecule has 2 unspecified atom stereocenters. The molecule has 0 bridgehead atoms. The fraction of sp³-hybridized carbons (Fsp3) is 0.318. The number of nitrogens with one attached hydrogen (secondary N) is 2. The summed E-state index contributed by atoms with van der Waals surface area (Å²) in [5, 5.41) is 7.06. The van der Waals surface area contributed by atoms with Gasteiger partial charge in [-0.1, -0.05) is 18.2 Å². The molecule has 0 spiro atoms. The second-order valence-corrected chi connectivity index (χ2v) is 7.68. The van der Waals surface area contributed by atoms with Crippen molar-refractivity contribution < 1.29 is 14.3 Å². The van der Waals surface area contributed by atoms with Crippen molar-refractivity contribution in [3.63, 3.8) is 0 Å². The van der Waals surface area contributed by atoms with Crippen molar-refractivity contribution in [2.24, 2.45) is 0 Å². The largest absolute Gasteiger partial charge is 0.497 e. The lowest BCUT2D eigenvalue weighted by Crippen LogP contribution is -2.43. The minimum Gasteiger partial charge on any atom is -0.497 e. The van der Waals surface area contributed by atoms with E-state index in [9.17, 15) is 4.79 Å². The topological polar surface area (TPSA) is 85.4 Å². The van der Waals surface area contributed by atoms with E-state index >= 15 is 0 Å². The van der Waals surface area contributed by atoms with Crippen LogP contribution >= 0.6 is 11.5 Å². The molecule has 2 aromatic carbocycles. The molecule has 158 valence electrons. The number of anilines is 1. The van der Waals surface area contributed by atoms with Gasteiger partial charge in [0.05, 0.1) is 14.2 Å². The number of carbonyl (C=O) groups excluding carboxylic acids is 1. The van der Waals surface area contributed by atoms with Gasteiger partial charge in [-0.25, -0.2) is 4.98 Å². The quantitative estimate of drug-likeness (QED) is 0.542. The van der Waals surface area contributed by atoms with E-state index in [2.05, 4.69) is 20.0 Å². The Kier molecular flexibility index (Phi) is 7.24. The Balaban J connectivity index is 1.56. The van der Waals surface area contributed by atoms with Crippen molar-refractivity contribution in [2.75, 3.05) is 19.5 Å². The first kappa shape index (κ1) is 21.6. The van der Waals surface area contributed by atoms with Gasteiger partial charge < -0.3 is 20.1 Å². The minimum atomic E-state index is -0.132. The standard InChI is InChI=1S/C22H26N4O3S/c1-14(23-21(27)16-9-11-18(28-3)12-10-16)15(2)24-22-25-20(26-30-22)13-17-7-5-6-8-19(17)29-4/h5-12,14-15H,13H2,1-4H3,(H,23,27)(H,24,25,26). The lowest BCUT2D eigenvalue weighted by Gasteiger charge is -2.22. The molecule has 0 radical (unpaired) electrons. The maximum Gasteiger partial charge on any atom is 0.251 e. The first-order chi connectivity index (χ1) is 14.5. The second kappa shape index (κ2) is 10.1. The Morgan fingerprint density at radius 3 is 2.47 bits per heavy atom. The SMILES string of the molecule is COc1ccc(C(=O)NC(C)C(C)Nc2nc(Cc3ccccc3OC)ns2)cc1. The summed E-state index contributed by atoms with van der Waals surface area (Å²) >= 11 is 1.31. The number of carbonyl (C=O) groups is 1. The highest BCUT2D eigenvalue weighted by Gasteiger charge is 2.18. The summed E-state index contributed by atoms with van der Waals surface area (Å²) in [7, 11) is 3.25. The normalized spacial score (nSPS) is 12.7. The van der Waals surface area contributed by atoms with Crippen molar-refractivity contribution in [1.82, 2.24) is 14.7 Å². The molecule has 0 fully saturated rings. The number of aromatic nitrogens is 2. The number of rotatable bonds is 9. The first-order valence-electron chi connectivity index (χ1n) is 9.66. The summed E-state index contributed by atoms with van der Waals surface area (Å²) in [6, 6.07) is 14.7. The van der Waals surface area contributed by atoms with E-state index in [1.165, 1.54) is 11.5 Å². The van der Waals surface area contributed by atoms with E-state index in [0.29, 0.717) is 12.0 Å². The van der Waals surface area contributed by atoms with Crippen LogP contribution < -0.4 is 20.1 Å². The van der Waals surface area contributed by atoms with Crippen LogP contribution in [0, 0.1) is 0 Å². The summed E-state index contributed by atoms with van der Waals surface area (Å²) in [4.78, 5) is 17.0. The third-order valence-corrected chi connectivity index (χ3v) is 5.51. The van der Waals surface area contributed by atoms with Crippen LogP contribution in [0.3, 0.4) is 0 Å². The third kappa shape index (κ3) is 5.48. The van der Waals surface area contributed by atoms with E-state index in [1.807, 2.05) is 38.1 Å². The first-order valence-corrected chi connectivity index (χ1v) is 10.4. The van der Waals surface area contributed by atoms with Crippen molar-refractivity contribution in [1.29, 1.82) is 0 Å². The van der Waals surface area contributed by atoms with Crippen molar-refractivity contribution >= 4 is 22.6 Å². The predicted molar refractivity (Wildman–Crippen MR) is 119 cm³/mol. The van der Waals surface area contributed by atoms with Crippen molar-refractivity contribution in [2.45, 2.75) is 32.4 Å². The maximum absolute atomic E-state index is 12.5. The summed E-state index contributed by atoms with van der Waals surface area (Å²) in [5.74, 6) is 2.14. The number of amides is 1. The number of hydrogen-bond donors (Lipinski definition) is 2. The zero-order valence-electron chi connectivity index (χ0n) is 17.5. The fourth-order valence-electron chi connectivity index (χ4n) is 2.88. The molecule has 2 N–H and O–H groups in total. The molecule has 1 amide bonds. The van der Waals surface area contributed by atoms with Gasteiger partial charge in [0, 0.05) is 41.2 Å². The molecule has 8 heteroatoms. The van der Waals surface area contributed by atoms with Gasteiger partial charge in [0.1, 0.15) is 17.3 Å². The van der Waals surface area contributed by atoms with E-state index in [-0.39, 0.29) is 18.0 Å². The van der Waals surface area contributed by atoms with E-state index < -0.39 is 0 Å². The zero-order valence-corrected chi connectivity index (χ0v) is 18.3. The Morgan fingerprint density at radius 1 is 1.03 bits per heavy atom. The highest BCUT2D eigenvalue weighted by atomic mass is 32.1. The number of hydrogen-bond acceptors (Lipinski definition) is 7. The molecule has 3 aromatic rings. The number of ether oxygens (including phenoxy) is 2. The van der Waals surface area contributed by atoms with Crippen LogP contribution in [0.5, 0.6) is 11.5 Å². The Morgan fingerprint density at radius 2 is 1.77 bits per heavy atom. The van der Waals surface area contributed by atoms with Gasteiger partial charge in [0.25, 0.3) is 5.91 Å². The predicted octanol–water partition coefficient (Wildman–Crippen LogP) is 3.77. The van der Waals surface area contributed by atoms with Gasteiger partial charge in [-0.15, -0.1) is 0 Å². The molecule has 0 aliphatic carbocycles. The van der Waals surface area contributed by atoms with Crippen LogP contribution in [0.1, 0.15) is 35.6 Å². The summed E-state index contributed by atoms with van der Waals surface area (Å²) < 4.78 is 15.0. The molecule has 30 heavy (non-hydrogen) atoms. The summed E-state index contributed by atoms with van der Waals surface area (Å²) in [6.07, 6.45) is 0.598. The van der Waals surface area contributed by atoms with Crippen LogP contribution in [0.15, 0.2) is 48.5 Å². The van der Waals surface area contributed by atoms with E-state index in [0.717, 1.165) is 28.0 Å². The highest BCUT2D eigenvalue weighted by molar-refractivity contribution is 7.09. The monoisotopic (exact) mass is 426 g/mol. The van der Waals surface area contributed by atoms with Crippen molar-refractivity contribution in [3.05, 3.63) is 65.5 Å². The van der Waals surface area contributed by atoms with Crippen LogP contribution in [0.4, 0.5) is 5.13 Å². The maximum atomic E-state index is 12.5. The Bertz CT molecular complexity index is 975. The third-order valence-electron chi connectivity index (χ3n) is 4.82. The van der Waals surface area contributed by atoms with Gasteiger partial charge in [0.2, 0.25) is 5.13 Å². The van der Waals surface area contributed by atoms with E-state index in [4.69, 9.17) is 9.47 Å². The molecular formula is C22H26N4O3S. The van der Waals surface area contributed by atoms with Gasteiger partial charge in [-0.2, -0.15) is 4.37 Å². The average Bonchev–Trinajstić information content (AvgIpc) is 3.20. The molecule has 0 aliphatic heterocycles. The molecule has 1 heterocycles. The van der Waals surface area contributed by atoms with E-state index in [1.54, 1.807) is 38.5 Å². The second-order valence-electron chi connectivity index (χ2n) is 6.93. The van der Waals surface area contributed by atoms with Crippen LogP contribution in [-0.2, 0) is 6.42 Å². The van der Waals surface area contributed by atoms with Crippen LogP contribution in [0.25, 0.3) is 0 Å². The van der Waals surface area contributed by atoms with Gasteiger partial charge in [-0.05, 0) is 44.2 Å². The van der Waals surface area contributed by atoms with Crippen LogP contribution in [-0.4, -0.2) is 41.6 Å². The zero-order chi connectivity index (χ0) is 21.5. The average molecular weight is 427 g/mol. The number of nitrogens with zero attached hydrogens (tertiary/aromatic N) is 2. The number of benzene rings is 2. The summed E-state index contributed by atoms with van der Waals surface area (Å²) in [5.41, 5.74) is 1.63. The Hall–Kier alpha value is -3.13. The summed E-state index contributed by atoms with van der Waals surface area (Å²) in [6.45, 7) is 3.95. The fourth-order valence-corrected chi connectivity index (χ4v) is 3.56. The van der Waals surface area contributed by atoms with Gasteiger partial charge >= 0.3 is 0 Å². The van der Waals surface area contributed by atoms with Gasteiger partial charge in [-0.3, -0.25) is 4.79 Å². The highest BCUT2D eigenvalue weighted by Crippen LogP contribution is 2.22.